The van der Waals surface area contributed by atoms with Crippen LogP contribution in [0.4, 0.5) is 5.69 Å². The van der Waals surface area contributed by atoms with Crippen molar-refractivity contribution in [2.45, 2.75) is 19.8 Å². The largest absolute Gasteiger partial charge is 0.466 e. The monoisotopic (exact) mass is 298 g/mol. The Hall–Kier alpha value is -2.08. The minimum absolute atomic E-state index is 0.00403. The molecule has 0 aliphatic heterocycles. The van der Waals surface area contributed by atoms with Gasteiger partial charge in [-0.05, 0) is 25.1 Å². The molecule has 2 amide bonds. The molecule has 0 unspecified atom stereocenters. The van der Waals surface area contributed by atoms with Crippen LogP contribution in [0.15, 0.2) is 18.2 Å². The summed E-state index contributed by atoms with van der Waals surface area (Å²) in [5, 5.41) is 2.76. The van der Waals surface area contributed by atoms with Crippen molar-refractivity contribution in [2.75, 3.05) is 11.9 Å². The highest BCUT2D eigenvalue weighted by Crippen LogP contribution is 2.20. The Morgan fingerprint density at radius 3 is 2.60 bits per heavy atom. The molecule has 0 radical (unpaired) electrons. The smallest absolute Gasteiger partial charge is 0.306 e. The molecule has 7 heteroatoms. The maximum Gasteiger partial charge on any atom is 0.306 e. The van der Waals surface area contributed by atoms with Gasteiger partial charge in [0.25, 0.3) is 0 Å². The summed E-state index contributed by atoms with van der Waals surface area (Å²) in [5.74, 6) is -1.48. The van der Waals surface area contributed by atoms with Crippen LogP contribution < -0.4 is 11.1 Å². The van der Waals surface area contributed by atoms with Gasteiger partial charge in [0, 0.05) is 12.1 Å². The zero-order valence-electron chi connectivity index (χ0n) is 10.9. The molecule has 1 aromatic rings. The highest BCUT2D eigenvalue weighted by Gasteiger charge is 2.11. The van der Waals surface area contributed by atoms with Crippen LogP contribution in [0.2, 0.25) is 5.02 Å². The van der Waals surface area contributed by atoms with Crippen molar-refractivity contribution in [1.82, 2.24) is 0 Å². The van der Waals surface area contributed by atoms with Crippen LogP contribution in [0, 0.1) is 0 Å². The molecule has 108 valence electrons. The lowest BCUT2D eigenvalue weighted by Gasteiger charge is -2.07. The number of amides is 2. The minimum Gasteiger partial charge on any atom is -0.466 e. The number of carbonyl (C=O) groups is 3. The van der Waals surface area contributed by atoms with Crippen LogP contribution in [0.25, 0.3) is 0 Å². The Balaban J connectivity index is 2.60. The molecule has 0 atom stereocenters. The average molecular weight is 299 g/mol. The van der Waals surface area contributed by atoms with Crippen molar-refractivity contribution < 1.29 is 19.1 Å². The number of primary amides is 1. The van der Waals surface area contributed by atoms with E-state index in [9.17, 15) is 14.4 Å². The maximum atomic E-state index is 11.6. The molecular weight excluding hydrogens is 284 g/mol. The molecule has 20 heavy (non-hydrogen) atoms. The summed E-state index contributed by atoms with van der Waals surface area (Å²) >= 11 is 5.79. The first kappa shape index (κ1) is 16.0. The van der Waals surface area contributed by atoms with E-state index in [1.807, 2.05) is 0 Å². The number of carbonyl (C=O) groups excluding carboxylic acids is 3. The van der Waals surface area contributed by atoms with E-state index in [1.165, 1.54) is 18.2 Å². The molecule has 6 nitrogen and oxygen atoms in total. The van der Waals surface area contributed by atoms with Crippen molar-refractivity contribution in [1.29, 1.82) is 0 Å². The Labute approximate surface area is 121 Å². The second-order valence-electron chi connectivity index (χ2n) is 3.91. The number of ether oxygens (including phenoxy) is 1. The van der Waals surface area contributed by atoms with E-state index in [0.717, 1.165) is 0 Å². The van der Waals surface area contributed by atoms with E-state index in [2.05, 4.69) is 5.32 Å². The molecule has 0 heterocycles. The van der Waals surface area contributed by atoms with Gasteiger partial charge in [-0.1, -0.05) is 11.6 Å². The second kappa shape index (κ2) is 7.49. The molecule has 0 saturated carbocycles. The first-order valence-electron chi connectivity index (χ1n) is 5.99. The number of nitrogens with two attached hydrogens (primary N) is 1. The van der Waals surface area contributed by atoms with Gasteiger partial charge in [0.05, 0.1) is 23.6 Å². The molecule has 1 aromatic carbocycles. The molecule has 3 N–H and O–H groups in total. The predicted molar refractivity (Wildman–Crippen MR) is 74.5 cm³/mol. The lowest BCUT2D eigenvalue weighted by molar-refractivity contribution is -0.144. The topological polar surface area (TPSA) is 98.5 Å². The standard InChI is InChI=1S/C13H15ClN2O4/c1-2-20-12(18)6-5-11(17)16-8-3-4-10(14)9(7-8)13(15)19/h3-4,7H,2,5-6H2,1H3,(H2,15,19)(H,16,17). The van der Waals surface area contributed by atoms with Gasteiger partial charge in [-0.15, -0.1) is 0 Å². The van der Waals surface area contributed by atoms with E-state index in [0.29, 0.717) is 5.69 Å². The van der Waals surface area contributed by atoms with Gasteiger partial charge in [-0.25, -0.2) is 0 Å². The number of hydrogen-bond donors (Lipinski definition) is 2. The Morgan fingerprint density at radius 1 is 1.30 bits per heavy atom. The molecule has 0 fully saturated rings. The van der Waals surface area contributed by atoms with Crippen LogP contribution in [0.3, 0.4) is 0 Å². The van der Waals surface area contributed by atoms with Crippen LogP contribution >= 0.6 is 11.6 Å². The molecular formula is C13H15ClN2O4. The summed E-state index contributed by atoms with van der Waals surface area (Å²) in [6, 6.07) is 4.38. The molecule has 1 rings (SSSR count). The van der Waals surface area contributed by atoms with Gasteiger partial charge < -0.3 is 15.8 Å². The summed E-state index contributed by atoms with van der Waals surface area (Å²) in [4.78, 5) is 33.8. The first-order chi connectivity index (χ1) is 9.43. The number of hydrogen-bond acceptors (Lipinski definition) is 4. The summed E-state index contributed by atoms with van der Waals surface area (Å²) in [6.07, 6.45) is -0.0106. The van der Waals surface area contributed by atoms with Crippen molar-refractivity contribution in [3.05, 3.63) is 28.8 Å². The maximum absolute atomic E-state index is 11.6. The molecule has 0 aromatic heterocycles. The van der Waals surface area contributed by atoms with Gasteiger partial charge >= 0.3 is 5.97 Å². The molecule has 0 aliphatic rings. The quantitative estimate of drug-likeness (QED) is 0.781. The van der Waals surface area contributed by atoms with Crippen LogP contribution in [-0.2, 0) is 14.3 Å². The zero-order valence-corrected chi connectivity index (χ0v) is 11.7. The van der Waals surface area contributed by atoms with E-state index in [4.69, 9.17) is 22.1 Å². The predicted octanol–water partition coefficient (Wildman–Crippen LogP) is 1.72. The second-order valence-corrected chi connectivity index (χ2v) is 4.32. The normalized spacial score (nSPS) is 9.90. The van der Waals surface area contributed by atoms with Crippen molar-refractivity contribution in [3.8, 4) is 0 Å². The summed E-state index contributed by atoms with van der Waals surface area (Å²) in [6.45, 7) is 1.97. The van der Waals surface area contributed by atoms with Gasteiger partial charge in [0.2, 0.25) is 11.8 Å². The molecule has 0 spiro atoms. The lowest BCUT2D eigenvalue weighted by atomic mass is 10.2. The zero-order chi connectivity index (χ0) is 15.1. The Morgan fingerprint density at radius 2 is 2.00 bits per heavy atom. The molecule has 0 aliphatic carbocycles. The fourth-order valence-corrected chi connectivity index (χ4v) is 1.67. The van der Waals surface area contributed by atoms with Crippen molar-refractivity contribution in [3.63, 3.8) is 0 Å². The number of nitrogens with one attached hydrogen (secondary N) is 1. The van der Waals surface area contributed by atoms with Gasteiger partial charge in [0.1, 0.15) is 0 Å². The highest BCUT2D eigenvalue weighted by atomic mass is 35.5. The van der Waals surface area contributed by atoms with Gasteiger partial charge in [0.15, 0.2) is 0 Å². The molecule has 0 saturated heterocycles. The minimum atomic E-state index is -0.683. The van der Waals surface area contributed by atoms with Crippen LogP contribution in [0.5, 0.6) is 0 Å². The van der Waals surface area contributed by atoms with Gasteiger partial charge in [-0.3, -0.25) is 14.4 Å². The number of anilines is 1. The Kier molecular flexibility index (Phi) is 5.99. The van der Waals surface area contributed by atoms with Crippen molar-refractivity contribution in [2.24, 2.45) is 5.73 Å². The van der Waals surface area contributed by atoms with Gasteiger partial charge in [-0.2, -0.15) is 0 Å². The number of esters is 1. The summed E-state index contributed by atoms with van der Waals surface area (Å²) in [5.41, 5.74) is 5.66. The highest BCUT2D eigenvalue weighted by molar-refractivity contribution is 6.33. The van der Waals surface area contributed by atoms with E-state index in [-0.39, 0.29) is 35.9 Å². The summed E-state index contributed by atoms with van der Waals surface area (Å²) in [7, 11) is 0. The SMILES string of the molecule is CCOC(=O)CCC(=O)Nc1ccc(Cl)c(C(N)=O)c1. The molecule has 0 bridgehead atoms. The third kappa shape index (κ3) is 4.89. The number of benzene rings is 1. The average Bonchev–Trinajstić information content (AvgIpc) is 2.39. The van der Waals surface area contributed by atoms with Crippen LogP contribution in [-0.4, -0.2) is 24.4 Å². The summed E-state index contributed by atoms with van der Waals surface area (Å²) < 4.78 is 4.71. The van der Waals surface area contributed by atoms with E-state index >= 15 is 0 Å². The Bertz CT molecular complexity index is 531. The van der Waals surface area contributed by atoms with Crippen molar-refractivity contribution >= 4 is 35.1 Å². The number of rotatable bonds is 6. The van der Waals surface area contributed by atoms with Crippen LogP contribution in [0.1, 0.15) is 30.1 Å². The third-order valence-corrected chi connectivity index (χ3v) is 2.71. The lowest BCUT2D eigenvalue weighted by Crippen LogP contribution is -2.16. The van der Waals surface area contributed by atoms with E-state index in [1.54, 1.807) is 6.92 Å². The number of halogens is 1. The van der Waals surface area contributed by atoms with E-state index < -0.39 is 11.9 Å². The fourth-order valence-electron chi connectivity index (χ4n) is 1.46. The first-order valence-corrected chi connectivity index (χ1v) is 6.36. The third-order valence-electron chi connectivity index (χ3n) is 2.38. The fraction of sp³-hybridized carbons (Fsp3) is 0.308.